The van der Waals surface area contributed by atoms with Gasteiger partial charge in [-0.2, -0.15) is 5.26 Å². The summed E-state index contributed by atoms with van der Waals surface area (Å²) in [7, 11) is 0. The smallest absolute Gasteiger partial charge is 0.449 e. The lowest BCUT2D eigenvalue weighted by Gasteiger charge is -2.04. The highest BCUT2D eigenvalue weighted by Gasteiger charge is 2.16. The predicted octanol–water partition coefficient (Wildman–Crippen LogP) is 7.37. The fourth-order valence-electron chi connectivity index (χ4n) is 3.62. The largest absolute Gasteiger partial charge is 0.457 e. The van der Waals surface area contributed by atoms with Crippen molar-refractivity contribution in [3.8, 4) is 0 Å². The van der Waals surface area contributed by atoms with E-state index >= 15 is 0 Å². The van der Waals surface area contributed by atoms with Gasteiger partial charge < -0.3 is 4.74 Å². The molecule has 0 bridgehead atoms. The number of rotatable bonds is 21. The van der Waals surface area contributed by atoms with Crippen LogP contribution in [0.2, 0.25) is 0 Å². The minimum Gasteiger partial charge on any atom is -0.457 e. The summed E-state index contributed by atoms with van der Waals surface area (Å²) in [6, 6.07) is 0. The van der Waals surface area contributed by atoms with Gasteiger partial charge in [0.05, 0.1) is 6.61 Å². The highest BCUT2D eigenvalue weighted by atomic mass is 17.1. The zero-order valence-electron chi connectivity index (χ0n) is 18.9. The Morgan fingerprint density at radius 1 is 0.517 bits per heavy atom. The molecule has 0 rings (SSSR count). The van der Waals surface area contributed by atoms with Gasteiger partial charge in [0.1, 0.15) is 0 Å². The summed E-state index contributed by atoms with van der Waals surface area (Å²) in [5, 5.41) is 8.03. The Labute approximate surface area is 178 Å². The monoisotopic (exact) mass is 414 g/mol. The van der Waals surface area contributed by atoms with Gasteiger partial charge in [0.2, 0.25) is 0 Å². The Kier molecular flexibility index (Phi) is 22.3. The maximum absolute atomic E-state index is 10.9. The fraction of sp³-hybridized carbons (Fsp3) is 0.917. The first-order chi connectivity index (χ1) is 14.2. The Morgan fingerprint density at radius 3 is 1.14 bits per heavy atom. The highest BCUT2D eigenvalue weighted by Crippen LogP contribution is 2.14. The molecule has 0 saturated carbocycles. The van der Waals surface area contributed by atoms with Gasteiger partial charge in [-0.1, -0.05) is 129 Å². The second-order valence-corrected chi connectivity index (χ2v) is 8.23. The third kappa shape index (κ3) is 21.4. The second kappa shape index (κ2) is 23.2. The minimum absolute atomic E-state index is 0.201. The molecule has 0 aromatic carbocycles. The molecular weight excluding hydrogens is 368 g/mol. The van der Waals surface area contributed by atoms with E-state index in [1.54, 1.807) is 0 Å². The molecule has 5 nitrogen and oxygen atoms in total. The SMILES string of the molecule is CCCCCCCCCCCCCCCCCCCCCCOC(=O)C(=O)OO. The summed E-state index contributed by atoms with van der Waals surface area (Å²) in [6.45, 7) is 2.48. The van der Waals surface area contributed by atoms with Crippen molar-refractivity contribution in [1.82, 2.24) is 0 Å². The summed E-state index contributed by atoms with van der Waals surface area (Å²) in [4.78, 5) is 24.8. The van der Waals surface area contributed by atoms with Gasteiger partial charge in [-0.3, -0.25) is 4.89 Å². The summed E-state index contributed by atoms with van der Waals surface area (Å²) in [6.07, 6.45) is 26.3. The maximum Gasteiger partial charge on any atom is 0.449 e. The molecule has 0 aliphatic carbocycles. The van der Waals surface area contributed by atoms with Gasteiger partial charge in [-0.25, -0.2) is 9.59 Å². The van der Waals surface area contributed by atoms with Crippen molar-refractivity contribution in [2.24, 2.45) is 0 Å². The molecule has 0 aliphatic rings. The van der Waals surface area contributed by atoms with Crippen LogP contribution in [0.25, 0.3) is 0 Å². The minimum atomic E-state index is -1.36. The van der Waals surface area contributed by atoms with Gasteiger partial charge in [0.15, 0.2) is 0 Å². The lowest BCUT2D eigenvalue weighted by Crippen LogP contribution is -2.19. The molecule has 0 saturated heterocycles. The molecule has 0 spiro atoms. The van der Waals surface area contributed by atoms with Crippen LogP contribution < -0.4 is 0 Å². The van der Waals surface area contributed by atoms with Crippen molar-refractivity contribution in [3.05, 3.63) is 0 Å². The van der Waals surface area contributed by atoms with Gasteiger partial charge >= 0.3 is 11.9 Å². The molecule has 0 amide bonds. The van der Waals surface area contributed by atoms with Crippen LogP contribution in [0.4, 0.5) is 0 Å². The molecule has 5 heteroatoms. The maximum atomic E-state index is 10.9. The molecule has 0 radical (unpaired) electrons. The topological polar surface area (TPSA) is 72.8 Å². The van der Waals surface area contributed by atoms with Crippen LogP contribution in [0.1, 0.15) is 135 Å². The summed E-state index contributed by atoms with van der Waals surface area (Å²) in [5.41, 5.74) is 0. The lowest BCUT2D eigenvalue weighted by atomic mass is 10.0. The van der Waals surface area contributed by atoms with Gasteiger partial charge in [-0.15, -0.1) is 0 Å². The van der Waals surface area contributed by atoms with Crippen molar-refractivity contribution in [2.45, 2.75) is 135 Å². The van der Waals surface area contributed by atoms with E-state index in [1.807, 2.05) is 0 Å². The van der Waals surface area contributed by atoms with Gasteiger partial charge in [0, 0.05) is 0 Å². The van der Waals surface area contributed by atoms with Crippen LogP contribution in [-0.2, 0) is 19.2 Å². The molecular formula is C24H46O5. The molecule has 0 aromatic rings. The van der Waals surface area contributed by atoms with Crippen LogP contribution in [0.3, 0.4) is 0 Å². The number of carbonyl (C=O) groups excluding carboxylic acids is 2. The average Bonchev–Trinajstić information content (AvgIpc) is 2.74. The molecule has 0 aliphatic heterocycles. The third-order valence-electron chi connectivity index (χ3n) is 5.48. The molecule has 0 atom stereocenters. The van der Waals surface area contributed by atoms with E-state index in [1.165, 1.54) is 109 Å². The summed E-state index contributed by atoms with van der Waals surface area (Å²) >= 11 is 0. The molecule has 0 fully saturated rings. The van der Waals surface area contributed by atoms with E-state index in [4.69, 9.17) is 5.26 Å². The zero-order valence-corrected chi connectivity index (χ0v) is 18.9. The number of hydrogen-bond acceptors (Lipinski definition) is 5. The van der Waals surface area contributed by atoms with Crippen LogP contribution in [0, 0.1) is 0 Å². The quantitative estimate of drug-likeness (QED) is 0.0698. The van der Waals surface area contributed by atoms with Crippen LogP contribution in [0.5, 0.6) is 0 Å². The second-order valence-electron chi connectivity index (χ2n) is 8.23. The van der Waals surface area contributed by atoms with E-state index in [2.05, 4.69) is 16.5 Å². The first-order valence-corrected chi connectivity index (χ1v) is 12.2. The Bertz CT molecular complexity index is 370. The highest BCUT2D eigenvalue weighted by molar-refractivity contribution is 6.29. The average molecular weight is 415 g/mol. The third-order valence-corrected chi connectivity index (χ3v) is 5.48. The number of hydrogen-bond donors (Lipinski definition) is 1. The standard InChI is InChI=1S/C24H46O5/c1-2-3-4-5-6-7-8-9-10-11-12-13-14-15-16-17-18-19-20-21-22-28-23(25)24(26)29-27/h27H,2-22H2,1H3. The van der Waals surface area contributed by atoms with E-state index in [0.717, 1.165) is 19.3 Å². The van der Waals surface area contributed by atoms with E-state index in [0.29, 0.717) is 0 Å². The first kappa shape index (κ1) is 27.9. The Balaban J connectivity index is 3.08. The Hall–Kier alpha value is -1.10. The van der Waals surface area contributed by atoms with Crippen molar-refractivity contribution in [3.63, 3.8) is 0 Å². The summed E-state index contributed by atoms with van der Waals surface area (Å²) in [5.74, 6) is -2.50. The number of carbonyl (C=O) groups is 2. The normalized spacial score (nSPS) is 10.8. The van der Waals surface area contributed by atoms with Crippen LogP contribution >= 0.6 is 0 Å². The van der Waals surface area contributed by atoms with Crippen molar-refractivity contribution in [2.75, 3.05) is 6.61 Å². The molecule has 0 unspecified atom stereocenters. The number of unbranched alkanes of at least 4 members (excludes halogenated alkanes) is 19. The first-order valence-electron chi connectivity index (χ1n) is 12.2. The molecule has 0 heterocycles. The number of ether oxygens (including phenoxy) is 1. The fourth-order valence-corrected chi connectivity index (χ4v) is 3.62. The Morgan fingerprint density at radius 2 is 0.828 bits per heavy atom. The van der Waals surface area contributed by atoms with Crippen LogP contribution in [0.15, 0.2) is 0 Å². The van der Waals surface area contributed by atoms with Crippen molar-refractivity contribution >= 4 is 11.9 Å². The summed E-state index contributed by atoms with van der Waals surface area (Å²) < 4.78 is 4.66. The van der Waals surface area contributed by atoms with E-state index in [9.17, 15) is 9.59 Å². The zero-order chi connectivity index (χ0) is 21.4. The van der Waals surface area contributed by atoms with Crippen LogP contribution in [-0.4, -0.2) is 23.8 Å². The molecule has 1 N–H and O–H groups in total. The molecule has 172 valence electrons. The van der Waals surface area contributed by atoms with E-state index < -0.39 is 11.9 Å². The number of esters is 1. The predicted molar refractivity (Wildman–Crippen MR) is 118 cm³/mol. The van der Waals surface area contributed by atoms with E-state index in [-0.39, 0.29) is 6.61 Å². The van der Waals surface area contributed by atoms with Crippen molar-refractivity contribution < 1.29 is 24.5 Å². The van der Waals surface area contributed by atoms with Gasteiger partial charge in [0.25, 0.3) is 0 Å². The molecule has 0 aromatic heterocycles. The van der Waals surface area contributed by atoms with Gasteiger partial charge in [-0.05, 0) is 6.42 Å². The molecule has 29 heavy (non-hydrogen) atoms. The van der Waals surface area contributed by atoms with Crippen molar-refractivity contribution in [1.29, 1.82) is 0 Å². The lowest BCUT2D eigenvalue weighted by molar-refractivity contribution is -0.236.